The monoisotopic (exact) mass is 311 g/mol. The van der Waals surface area contributed by atoms with Gasteiger partial charge < -0.3 is 9.47 Å². The second-order valence-corrected chi connectivity index (χ2v) is 4.99. The normalized spacial score (nSPS) is 12.3. The maximum Gasteiger partial charge on any atom is 0.262 e. The van der Waals surface area contributed by atoms with Crippen molar-refractivity contribution in [3.05, 3.63) is 69.2 Å². The molecule has 1 heterocycles. The van der Waals surface area contributed by atoms with Crippen LogP contribution in [0.5, 0.6) is 5.75 Å². The maximum absolute atomic E-state index is 12.6. The number of hydrogen-bond acceptors (Lipinski definition) is 3. The number of aromatic nitrogens is 1. The molecule has 0 saturated carbocycles. The Bertz CT molecular complexity index is 861. The van der Waals surface area contributed by atoms with E-state index in [0.29, 0.717) is 5.22 Å². The SMILES string of the molecule is C=c1c(=O)n(-c2ccc(OC)cc2)cc/c1=C/C(=C\CC)OC. The summed E-state index contributed by atoms with van der Waals surface area (Å²) in [6.07, 6.45) is 6.37. The first-order valence-corrected chi connectivity index (χ1v) is 7.41. The summed E-state index contributed by atoms with van der Waals surface area (Å²) in [6.45, 7) is 5.94. The maximum atomic E-state index is 12.6. The topological polar surface area (TPSA) is 40.5 Å². The van der Waals surface area contributed by atoms with Crippen molar-refractivity contribution in [3.8, 4) is 11.4 Å². The summed E-state index contributed by atoms with van der Waals surface area (Å²) in [7, 11) is 3.22. The molecule has 0 fully saturated rings. The zero-order chi connectivity index (χ0) is 16.8. The van der Waals surface area contributed by atoms with Crippen LogP contribution in [-0.4, -0.2) is 18.8 Å². The number of allylic oxidation sites excluding steroid dienone is 2. The first-order chi connectivity index (χ1) is 11.1. The summed E-state index contributed by atoms with van der Waals surface area (Å²) in [6, 6.07) is 9.16. The zero-order valence-electron chi connectivity index (χ0n) is 13.7. The molecular weight excluding hydrogens is 290 g/mol. The Labute approximate surface area is 135 Å². The van der Waals surface area contributed by atoms with E-state index in [9.17, 15) is 4.79 Å². The van der Waals surface area contributed by atoms with Gasteiger partial charge >= 0.3 is 0 Å². The first-order valence-electron chi connectivity index (χ1n) is 7.41. The molecule has 4 nitrogen and oxygen atoms in total. The average molecular weight is 311 g/mol. The fourth-order valence-corrected chi connectivity index (χ4v) is 2.23. The minimum Gasteiger partial charge on any atom is -0.497 e. The number of pyridine rings is 1. The van der Waals surface area contributed by atoms with E-state index in [-0.39, 0.29) is 5.56 Å². The van der Waals surface area contributed by atoms with Crippen LogP contribution >= 0.6 is 0 Å². The van der Waals surface area contributed by atoms with E-state index < -0.39 is 0 Å². The van der Waals surface area contributed by atoms with Crippen LogP contribution in [0, 0.1) is 0 Å². The van der Waals surface area contributed by atoms with E-state index in [2.05, 4.69) is 6.58 Å². The third-order valence-electron chi connectivity index (χ3n) is 3.52. The highest BCUT2D eigenvalue weighted by Gasteiger charge is 2.02. The van der Waals surface area contributed by atoms with Crippen molar-refractivity contribution in [1.29, 1.82) is 0 Å². The van der Waals surface area contributed by atoms with Crippen molar-refractivity contribution < 1.29 is 9.47 Å². The Morgan fingerprint density at radius 3 is 2.48 bits per heavy atom. The number of methoxy groups -OCH3 is 2. The molecule has 0 radical (unpaired) electrons. The van der Waals surface area contributed by atoms with Crippen molar-refractivity contribution in [3.63, 3.8) is 0 Å². The number of hydrogen-bond donors (Lipinski definition) is 0. The van der Waals surface area contributed by atoms with Gasteiger partial charge in [-0.15, -0.1) is 0 Å². The predicted molar refractivity (Wildman–Crippen MR) is 93.2 cm³/mol. The van der Waals surface area contributed by atoms with Gasteiger partial charge in [-0.3, -0.25) is 9.36 Å². The molecular formula is C19H21NO3. The molecule has 0 N–H and O–H groups in total. The third-order valence-corrected chi connectivity index (χ3v) is 3.52. The predicted octanol–water partition coefficient (Wildman–Crippen LogP) is 1.98. The molecule has 1 aromatic carbocycles. The number of ether oxygens (including phenoxy) is 2. The second kappa shape index (κ2) is 7.49. The van der Waals surface area contributed by atoms with Crippen LogP contribution < -0.4 is 20.7 Å². The molecule has 120 valence electrons. The molecule has 0 saturated heterocycles. The van der Waals surface area contributed by atoms with Crippen LogP contribution in [0.3, 0.4) is 0 Å². The van der Waals surface area contributed by atoms with E-state index in [0.717, 1.165) is 28.8 Å². The van der Waals surface area contributed by atoms with Crippen molar-refractivity contribution >= 4 is 12.7 Å². The summed E-state index contributed by atoms with van der Waals surface area (Å²) in [5, 5.41) is 1.18. The summed E-state index contributed by atoms with van der Waals surface area (Å²) in [4.78, 5) is 12.6. The van der Waals surface area contributed by atoms with Crippen LogP contribution in [0.25, 0.3) is 18.3 Å². The van der Waals surface area contributed by atoms with E-state index in [1.165, 1.54) is 0 Å². The molecule has 0 bridgehead atoms. The Kier molecular flexibility index (Phi) is 5.41. The molecule has 0 spiro atoms. The minimum absolute atomic E-state index is 0.157. The Morgan fingerprint density at radius 1 is 1.22 bits per heavy atom. The van der Waals surface area contributed by atoms with Gasteiger partial charge in [-0.05, 0) is 54.1 Å². The zero-order valence-corrected chi connectivity index (χ0v) is 13.7. The molecule has 0 unspecified atom stereocenters. The highest BCUT2D eigenvalue weighted by Crippen LogP contribution is 2.12. The van der Waals surface area contributed by atoms with E-state index in [1.54, 1.807) is 25.0 Å². The van der Waals surface area contributed by atoms with Crippen LogP contribution in [0.4, 0.5) is 0 Å². The van der Waals surface area contributed by atoms with Crippen molar-refractivity contribution in [1.82, 2.24) is 4.57 Å². The van der Waals surface area contributed by atoms with E-state index >= 15 is 0 Å². The number of rotatable bonds is 5. The molecule has 0 atom stereocenters. The van der Waals surface area contributed by atoms with Gasteiger partial charge in [-0.1, -0.05) is 13.5 Å². The average Bonchev–Trinajstić information content (AvgIpc) is 2.58. The molecule has 0 aliphatic heterocycles. The lowest BCUT2D eigenvalue weighted by Gasteiger charge is -2.07. The highest BCUT2D eigenvalue weighted by molar-refractivity contribution is 5.44. The van der Waals surface area contributed by atoms with Gasteiger partial charge in [0.15, 0.2) is 0 Å². The van der Waals surface area contributed by atoms with Crippen LogP contribution in [0.2, 0.25) is 0 Å². The minimum atomic E-state index is -0.157. The molecule has 4 heteroatoms. The quantitative estimate of drug-likeness (QED) is 0.793. The first kappa shape index (κ1) is 16.6. The van der Waals surface area contributed by atoms with E-state index in [4.69, 9.17) is 9.47 Å². The fourth-order valence-electron chi connectivity index (χ4n) is 2.23. The van der Waals surface area contributed by atoms with Gasteiger partial charge in [0.05, 0.1) is 14.2 Å². The number of nitrogens with zero attached hydrogens (tertiary/aromatic N) is 1. The Hall–Kier alpha value is -2.75. The van der Waals surface area contributed by atoms with Crippen LogP contribution in [0.15, 0.2) is 53.2 Å². The lowest BCUT2D eigenvalue weighted by Crippen LogP contribution is -2.42. The highest BCUT2D eigenvalue weighted by atomic mass is 16.5. The number of benzene rings is 1. The third kappa shape index (κ3) is 3.72. The molecule has 23 heavy (non-hydrogen) atoms. The Balaban J connectivity index is 2.53. The van der Waals surface area contributed by atoms with Gasteiger partial charge in [0.2, 0.25) is 0 Å². The van der Waals surface area contributed by atoms with E-state index in [1.807, 2.05) is 49.4 Å². The van der Waals surface area contributed by atoms with Gasteiger partial charge in [0.25, 0.3) is 5.56 Å². The van der Waals surface area contributed by atoms with Crippen LogP contribution in [0.1, 0.15) is 13.3 Å². The van der Waals surface area contributed by atoms with Gasteiger partial charge in [-0.2, -0.15) is 0 Å². The molecule has 0 aliphatic rings. The van der Waals surface area contributed by atoms with Gasteiger partial charge in [0, 0.05) is 17.1 Å². The summed E-state index contributed by atoms with van der Waals surface area (Å²) < 4.78 is 12.0. The summed E-state index contributed by atoms with van der Waals surface area (Å²) in [5.74, 6) is 1.47. The van der Waals surface area contributed by atoms with Crippen molar-refractivity contribution in [2.75, 3.05) is 14.2 Å². The van der Waals surface area contributed by atoms with Crippen LogP contribution in [-0.2, 0) is 4.74 Å². The van der Waals surface area contributed by atoms with Crippen molar-refractivity contribution in [2.45, 2.75) is 13.3 Å². The molecule has 0 aliphatic carbocycles. The summed E-state index contributed by atoms with van der Waals surface area (Å²) >= 11 is 0. The molecule has 2 aromatic rings. The largest absolute Gasteiger partial charge is 0.497 e. The second-order valence-electron chi connectivity index (χ2n) is 4.99. The lowest BCUT2D eigenvalue weighted by atomic mass is 10.2. The van der Waals surface area contributed by atoms with Crippen molar-refractivity contribution in [2.24, 2.45) is 0 Å². The standard InChI is InChI=1S/C19H21NO3/c1-5-6-18(23-4)13-15-11-12-20(19(21)14(15)2)16-7-9-17(22-3)10-8-16/h6-13H,2,5H2,1,3-4H3/b15-13-,18-6+. The lowest BCUT2D eigenvalue weighted by molar-refractivity contribution is 0.312. The molecule has 0 amide bonds. The Morgan fingerprint density at radius 2 is 1.91 bits per heavy atom. The summed E-state index contributed by atoms with van der Waals surface area (Å²) in [5.41, 5.74) is 0.610. The smallest absolute Gasteiger partial charge is 0.262 e. The molecule has 2 rings (SSSR count). The molecule has 1 aromatic heterocycles. The van der Waals surface area contributed by atoms with Gasteiger partial charge in [0.1, 0.15) is 11.5 Å². The fraction of sp³-hybridized carbons (Fsp3) is 0.211. The van der Waals surface area contributed by atoms with Gasteiger partial charge in [-0.25, -0.2) is 0 Å².